The van der Waals surface area contributed by atoms with Crippen LogP contribution in [0.1, 0.15) is 37.1 Å². The van der Waals surface area contributed by atoms with Crippen molar-refractivity contribution in [3.63, 3.8) is 0 Å². The van der Waals surface area contributed by atoms with Gasteiger partial charge < -0.3 is 10.2 Å². The Morgan fingerprint density at radius 3 is 2.76 bits per heavy atom. The topological polar surface area (TPSA) is 62.3 Å². The highest BCUT2D eigenvalue weighted by molar-refractivity contribution is 7.16. The van der Waals surface area contributed by atoms with Gasteiger partial charge in [0.15, 0.2) is 5.13 Å². The maximum absolute atomic E-state index is 11.9. The number of aryl methyl sites for hydroxylation is 1. The molecule has 1 unspecified atom stereocenters. The molecule has 1 aromatic carbocycles. The number of fused-ring (bicyclic) bond motifs is 1. The molecule has 0 bridgehead atoms. The molecular weight excluding hydrogens is 334 g/mol. The number of hydrogen-bond acceptors (Lipinski definition) is 4. The minimum Gasteiger partial charge on any atom is -0.309 e. The molecule has 1 fully saturated rings. The molecule has 6 heteroatoms. The van der Waals surface area contributed by atoms with E-state index in [2.05, 4.69) is 23.3 Å². The fourth-order valence-corrected chi connectivity index (χ4v) is 4.37. The van der Waals surface area contributed by atoms with E-state index < -0.39 is 0 Å². The zero-order chi connectivity index (χ0) is 17.7. The van der Waals surface area contributed by atoms with Gasteiger partial charge in [-0.3, -0.25) is 9.59 Å². The zero-order valence-electron chi connectivity index (χ0n) is 14.6. The van der Waals surface area contributed by atoms with Crippen LogP contribution in [0.2, 0.25) is 0 Å². The van der Waals surface area contributed by atoms with E-state index in [1.807, 2.05) is 24.0 Å². The molecule has 1 aliphatic carbocycles. The molecule has 2 aromatic rings. The van der Waals surface area contributed by atoms with Crippen LogP contribution in [0.3, 0.4) is 0 Å². The van der Waals surface area contributed by atoms with Gasteiger partial charge in [0.25, 0.3) is 0 Å². The molecule has 1 aliphatic heterocycles. The first kappa shape index (κ1) is 16.3. The minimum atomic E-state index is 0.0777. The molecule has 1 atom stereocenters. The zero-order valence-corrected chi connectivity index (χ0v) is 15.4. The molecule has 1 aromatic heterocycles. The minimum absolute atomic E-state index is 0.0777. The van der Waals surface area contributed by atoms with Gasteiger partial charge in [0.2, 0.25) is 11.8 Å². The summed E-state index contributed by atoms with van der Waals surface area (Å²) in [6.07, 6.45) is 2.83. The van der Waals surface area contributed by atoms with Crippen molar-refractivity contribution in [1.82, 2.24) is 4.98 Å². The van der Waals surface area contributed by atoms with Crippen molar-refractivity contribution in [1.29, 1.82) is 0 Å². The number of nitrogens with zero attached hydrogens (tertiary/aromatic N) is 2. The summed E-state index contributed by atoms with van der Waals surface area (Å²) in [6, 6.07) is 6.34. The van der Waals surface area contributed by atoms with Gasteiger partial charge in [-0.05, 0) is 50.8 Å². The highest BCUT2D eigenvalue weighted by atomic mass is 32.1. The van der Waals surface area contributed by atoms with Crippen molar-refractivity contribution < 1.29 is 9.59 Å². The lowest BCUT2D eigenvalue weighted by molar-refractivity contribution is -0.117. The van der Waals surface area contributed by atoms with Crippen LogP contribution in [0.25, 0.3) is 11.3 Å². The monoisotopic (exact) mass is 355 g/mol. The summed E-state index contributed by atoms with van der Waals surface area (Å²) < 4.78 is 0. The average Bonchev–Trinajstić information content (AvgIpc) is 3.26. The number of amides is 2. The molecule has 130 valence electrons. The second-order valence-electron chi connectivity index (χ2n) is 6.97. The molecule has 4 rings (SSSR count). The van der Waals surface area contributed by atoms with Crippen molar-refractivity contribution in [2.24, 2.45) is 5.92 Å². The number of nitrogens with one attached hydrogen (secondary N) is 1. The third kappa shape index (κ3) is 2.95. The van der Waals surface area contributed by atoms with Crippen molar-refractivity contribution in [2.45, 2.75) is 46.1 Å². The summed E-state index contributed by atoms with van der Waals surface area (Å²) in [7, 11) is 0. The van der Waals surface area contributed by atoms with E-state index in [1.54, 1.807) is 6.92 Å². The van der Waals surface area contributed by atoms with Crippen LogP contribution in [0.15, 0.2) is 18.2 Å². The van der Waals surface area contributed by atoms with Gasteiger partial charge in [-0.25, -0.2) is 4.98 Å². The van der Waals surface area contributed by atoms with Crippen LogP contribution in [0, 0.1) is 12.8 Å². The van der Waals surface area contributed by atoms with Crippen LogP contribution in [-0.2, 0) is 16.0 Å². The van der Waals surface area contributed by atoms with Crippen LogP contribution < -0.4 is 10.2 Å². The predicted molar refractivity (Wildman–Crippen MR) is 100.0 cm³/mol. The van der Waals surface area contributed by atoms with E-state index in [1.165, 1.54) is 16.9 Å². The van der Waals surface area contributed by atoms with Gasteiger partial charge in [0.05, 0.1) is 5.69 Å². The van der Waals surface area contributed by atoms with E-state index in [4.69, 9.17) is 0 Å². The molecule has 2 heterocycles. The van der Waals surface area contributed by atoms with Crippen LogP contribution in [0.4, 0.5) is 10.8 Å². The van der Waals surface area contributed by atoms with E-state index in [0.717, 1.165) is 41.1 Å². The van der Waals surface area contributed by atoms with E-state index in [9.17, 15) is 9.59 Å². The Balaban J connectivity index is 1.63. The fourth-order valence-electron chi connectivity index (χ4n) is 3.53. The maximum Gasteiger partial charge on any atom is 0.229 e. The van der Waals surface area contributed by atoms with Crippen molar-refractivity contribution >= 4 is 34.0 Å². The van der Waals surface area contributed by atoms with E-state index in [0.29, 0.717) is 5.13 Å². The van der Waals surface area contributed by atoms with E-state index in [-0.39, 0.29) is 23.8 Å². The van der Waals surface area contributed by atoms with Crippen molar-refractivity contribution in [3.05, 3.63) is 28.6 Å². The van der Waals surface area contributed by atoms with Crippen LogP contribution >= 0.6 is 11.3 Å². The third-order valence-corrected chi connectivity index (χ3v) is 5.77. The summed E-state index contributed by atoms with van der Waals surface area (Å²) >= 11 is 1.51. The Kier molecular flexibility index (Phi) is 3.87. The number of thiazole rings is 1. The summed E-state index contributed by atoms with van der Waals surface area (Å²) in [4.78, 5) is 31.4. The summed E-state index contributed by atoms with van der Waals surface area (Å²) in [6.45, 7) is 5.71. The number of carbonyl (C=O) groups is 2. The smallest absolute Gasteiger partial charge is 0.229 e. The molecule has 25 heavy (non-hydrogen) atoms. The molecule has 5 nitrogen and oxygen atoms in total. The number of carbonyl (C=O) groups excluding carboxylic acids is 2. The van der Waals surface area contributed by atoms with Gasteiger partial charge in [-0.1, -0.05) is 6.07 Å². The third-order valence-electron chi connectivity index (χ3n) is 4.88. The molecule has 1 saturated carbocycles. The van der Waals surface area contributed by atoms with Gasteiger partial charge in [0, 0.05) is 35.0 Å². The van der Waals surface area contributed by atoms with Gasteiger partial charge in [-0.15, -0.1) is 11.3 Å². The molecule has 0 saturated heterocycles. The summed E-state index contributed by atoms with van der Waals surface area (Å²) in [5, 5.41) is 3.60. The van der Waals surface area contributed by atoms with Crippen LogP contribution in [0.5, 0.6) is 0 Å². The molecule has 0 radical (unpaired) electrons. The molecule has 2 amide bonds. The predicted octanol–water partition coefficient (Wildman–Crippen LogP) is 3.76. The Morgan fingerprint density at radius 1 is 1.32 bits per heavy atom. The normalized spacial score (nSPS) is 19.0. The second-order valence-corrected chi connectivity index (χ2v) is 8.18. The fraction of sp³-hybridized carbons (Fsp3) is 0.421. The number of hydrogen-bond donors (Lipinski definition) is 1. The van der Waals surface area contributed by atoms with E-state index >= 15 is 0 Å². The Hall–Kier alpha value is -2.21. The first-order valence-corrected chi connectivity index (χ1v) is 9.47. The number of aromatic nitrogens is 1. The molecule has 1 N–H and O–H groups in total. The van der Waals surface area contributed by atoms with Crippen molar-refractivity contribution in [3.8, 4) is 11.3 Å². The molecular formula is C19H21N3O2S. The highest BCUT2D eigenvalue weighted by Crippen LogP contribution is 2.38. The lowest BCUT2D eigenvalue weighted by atomic mass is 10.0. The Labute approximate surface area is 151 Å². The van der Waals surface area contributed by atoms with Crippen LogP contribution in [-0.4, -0.2) is 22.8 Å². The molecule has 2 aliphatic rings. The maximum atomic E-state index is 11.9. The van der Waals surface area contributed by atoms with Crippen molar-refractivity contribution in [2.75, 3.05) is 10.2 Å². The first-order valence-electron chi connectivity index (χ1n) is 8.65. The SMILES string of the molecule is CC(=O)N1c2ccc(-c3nc(NC(=O)C4CC4)sc3C)cc2CC1C. The largest absolute Gasteiger partial charge is 0.309 e. The Morgan fingerprint density at radius 2 is 2.08 bits per heavy atom. The highest BCUT2D eigenvalue weighted by Gasteiger charge is 2.31. The summed E-state index contributed by atoms with van der Waals surface area (Å²) in [5.74, 6) is 0.334. The molecule has 0 spiro atoms. The number of rotatable bonds is 3. The summed E-state index contributed by atoms with van der Waals surface area (Å²) in [5.41, 5.74) is 4.12. The standard InChI is InChI=1S/C19H21N3O2S/c1-10-8-15-9-14(6-7-16(15)22(10)12(3)23)17-11(2)25-19(20-17)21-18(24)13-4-5-13/h6-7,9-10,13H,4-5,8H2,1-3H3,(H,20,21,24). The second kappa shape index (κ2) is 5.95. The number of anilines is 2. The average molecular weight is 355 g/mol. The first-order chi connectivity index (χ1) is 11.9. The van der Waals surface area contributed by atoms with Gasteiger partial charge >= 0.3 is 0 Å². The Bertz CT molecular complexity index is 870. The van der Waals surface area contributed by atoms with Gasteiger partial charge in [-0.2, -0.15) is 0 Å². The quantitative estimate of drug-likeness (QED) is 0.912. The lowest BCUT2D eigenvalue weighted by Crippen LogP contribution is -2.33. The lowest BCUT2D eigenvalue weighted by Gasteiger charge is -2.20. The van der Waals surface area contributed by atoms with Gasteiger partial charge in [0.1, 0.15) is 0 Å². The number of benzene rings is 1.